The van der Waals surface area contributed by atoms with Crippen LogP contribution in [0.2, 0.25) is 0 Å². The van der Waals surface area contributed by atoms with Gasteiger partial charge in [-0.05, 0) is 71.3 Å². The van der Waals surface area contributed by atoms with Gasteiger partial charge in [-0.2, -0.15) is 0 Å². The van der Waals surface area contributed by atoms with E-state index >= 15 is 0 Å². The van der Waals surface area contributed by atoms with E-state index in [2.05, 4.69) is 10.3 Å². The van der Waals surface area contributed by atoms with Gasteiger partial charge in [-0.1, -0.05) is 54.6 Å². The lowest BCUT2D eigenvalue weighted by molar-refractivity contribution is 0.0985. The molecule has 0 saturated carbocycles. The van der Waals surface area contributed by atoms with Gasteiger partial charge in [0, 0.05) is 29.6 Å². The molecule has 1 unspecified atom stereocenters. The van der Waals surface area contributed by atoms with Crippen LogP contribution in [0.3, 0.4) is 0 Å². The fourth-order valence-electron chi connectivity index (χ4n) is 4.25. The maximum absolute atomic E-state index is 13.8. The number of hydrogen-bond acceptors (Lipinski definition) is 3. The molecule has 1 N–H and O–H groups in total. The Balaban J connectivity index is 1.47. The molecule has 37 heavy (non-hydrogen) atoms. The molecule has 1 amide bonds. The summed E-state index contributed by atoms with van der Waals surface area (Å²) in [6, 6.07) is 29.4. The minimum Gasteiger partial charge on any atom is -0.363 e. The molecule has 0 aliphatic carbocycles. The van der Waals surface area contributed by atoms with Crippen LogP contribution in [-0.2, 0) is 6.54 Å². The summed E-state index contributed by atoms with van der Waals surface area (Å²) in [4.78, 5) is 19.9. The number of rotatable bonds is 7. The molecule has 0 saturated heterocycles. The Hall–Kier alpha value is -4.58. The summed E-state index contributed by atoms with van der Waals surface area (Å²) >= 11 is 0. The monoisotopic (exact) mass is 493 g/mol. The van der Waals surface area contributed by atoms with E-state index in [1.165, 1.54) is 24.3 Å². The molecule has 6 heteroatoms. The molecular formula is C31H25F2N3O. The first-order valence-corrected chi connectivity index (χ1v) is 12.0. The number of nitrogens with one attached hydrogen (secondary N) is 1. The molecule has 0 aliphatic rings. The average Bonchev–Trinajstić information content (AvgIpc) is 2.92. The number of aromatic nitrogens is 1. The second-order valence-electron chi connectivity index (χ2n) is 8.90. The first-order valence-electron chi connectivity index (χ1n) is 12.0. The minimum absolute atomic E-state index is 0.134. The van der Waals surface area contributed by atoms with Crippen molar-refractivity contribution in [2.24, 2.45) is 0 Å². The topological polar surface area (TPSA) is 45.2 Å². The molecule has 1 aromatic heterocycles. The third-order valence-electron chi connectivity index (χ3n) is 6.29. The van der Waals surface area contributed by atoms with Gasteiger partial charge in [0.25, 0.3) is 5.91 Å². The Kier molecular flexibility index (Phi) is 6.90. The SMILES string of the molecule is CC(Nc1cc(N(Cc2ccc(F)cc2)C(=O)c2ccc3ccccc3c2)ccn1)c1ccc(F)cc1. The van der Waals surface area contributed by atoms with Gasteiger partial charge in [-0.15, -0.1) is 0 Å². The fourth-order valence-corrected chi connectivity index (χ4v) is 4.25. The first kappa shape index (κ1) is 24.1. The summed E-state index contributed by atoms with van der Waals surface area (Å²) in [6.45, 7) is 2.21. The molecule has 5 rings (SSSR count). The summed E-state index contributed by atoms with van der Waals surface area (Å²) in [5, 5.41) is 5.35. The number of anilines is 2. The number of nitrogens with zero attached hydrogens (tertiary/aromatic N) is 2. The van der Waals surface area contributed by atoms with Crippen LogP contribution in [0.4, 0.5) is 20.3 Å². The average molecular weight is 494 g/mol. The second-order valence-corrected chi connectivity index (χ2v) is 8.90. The molecule has 0 aliphatic heterocycles. The lowest BCUT2D eigenvalue weighted by Gasteiger charge is -2.24. The number of carbonyl (C=O) groups excluding carboxylic acids is 1. The summed E-state index contributed by atoms with van der Waals surface area (Å²) in [7, 11) is 0. The number of pyridine rings is 1. The van der Waals surface area contributed by atoms with Gasteiger partial charge in [0.15, 0.2) is 0 Å². The van der Waals surface area contributed by atoms with Crippen LogP contribution >= 0.6 is 0 Å². The highest BCUT2D eigenvalue weighted by Gasteiger charge is 2.20. The summed E-state index contributed by atoms with van der Waals surface area (Å²) in [6.07, 6.45) is 1.64. The van der Waals surface area contributed by atoms with Crippen molar-refractivity contribution < 1.29 is 13.6 Å². The molecule has 4 nitrogen and oxygen atoms in total. The Morgan fingerprint density at radius 1 is 0.838 bits per heavy atom. The number of benzene rings is 4. The molecule has 1 heterocycles. The molecule has 5 aromatic rings. The van der Waals surface area contributed by atoms with Crippen LogP contribution in [-0.4, -0.2) is 10.9 Å². The molecule has 4 aromatic carbocycles. The van der Waals surface area contributed by atoms with Gasteiger partial charge in [0.2, 0.25) is 0 Å². The van der Waals surface area contributed by atoms with Crippen molar-refractivity contribution >= 4 is 28.2 Å². The zero-order valence-corrected chi connectivity index (χ0v) is 20.2. The summed E-state index contributed by atoms with van der Waals surface area (Å²) in [5.41, 5.74) is 2.89. The molecule has 0 spiro atoms. The Morgan fingerprint density at radius 3 is 2.24 bits per heavy atom. The van der Waals surface area contributed by atoms with Crippen LogP contribution < -0.4 is 10.2 Å². The molecule has 0 fully saturated rings. The van der Waals surface area contributed by atoms with Crippen LogP contribution in [0.25, 0.3) is 10.8 Å². The van der Waals surface area contributed by atoms with Gasteiger partial charge in [-0.25, -0.2) is 13.8 Å². The highest BCUT2D eigenvalue weighted by atomic mass is 19.1. The van der Waals surface area contributed by atoms with E-state index < -0.39 is 0 Å². The summed E-state index contributed by atoms with van der Waals surface area (Å²) < 4.78 is 26.9. The van der Waals surface area contributed by atoms with Gasteiger partial charge in [-0.3, -0.25) is 4.79 Å². The lowest BCUT2D eigenvalue weighted by Crippen LogP contribution is -2.30. The zero-order chi connectivity index (χ0) is 25.8. The van der Waals surface area contributed by atoms with Gasteiger partial charge in [0.05, 0.1) is 6.54 Å². The third kappa shape index (κ3) is 5.64. The van der Waals surface area contributed by atoms with Crippen LogP contribution in [0.5, 0.6) is 0 Å². The number of hydrogen-bond donors (Lipinski definition) is 1. The van der Waals surface area contributed by atoms with E-state index in [4.69, 9.17) is 0 Å². The normalized spacial score (nSPS) is 11.8. The molecule has 1 atom stereocenters. The van der Waals surface area contributed by atoms with E-state index in [0.717, 1.165) is 21.9 Å². The van der Waals surface area contributed by atoms with Gasteiger partial charge in [0.1, 0.15) is 17.5 Å². The van der Waals surface area contributed by atoms with Crippen LogP contribution in [0.1, 0.15) is 34.5 Å². The molecular weight excluding hydrogens is 468 g/mol. The minimum atomic E-state index is -0.332. The third-order valence-corrected chi connectivity index (χ3v) is 6.29. The van der Waals surface area contributed by atoms with Gasteiger partial charge < -0.3 is 10.2 Å². The largest absolute Gasteiger partial charge is 0.363 e. The Labute approximate surface area is 214 Å². The summed E-state index contributed by atoms with van der Waals surface area (Å²) in [5.74, 6) is -0.232. The predicted molar refractivity (Wildman–Crippen MR) is 144 cm³/mol. The van der Waals surface area contributed by atoms with Crippen LogP contribution in [0.15, 0.2) is 109 Å². The number of carbonyl (C=O) groups is 1. The van der Waals surface area contributed by atoms with E-state index in [-0.39, 0.29) is 30.1 Å². The number of fused-ring (bicyclic) bond motifs is 1. The van der Waals surface area contributed by atoms with Crippen molar-refractivity contribution in [3.63, 3.8) is 0 Å². The van der Waals surface area contributed by atoms with Crippen molar-refractivity contribution in [1.29, 1.82) is 0 Å². The molecule has 0 bridgehead atoms. The van der Waals surface area contributed by atoms with Crippen molar-refractivity contribution in [2.45, 2.75) is 19.5 Å². The Morgan fingerprint density at radius 2 is 1.51 bits per heavy atom. The van der Waals surface area contributed by atoms with Gasteiger partial charge >= 0.3 is 0 Å². The highest BCUT2D eigenvalue weighted by molar-refractivity contribution is 6.08. The number of halogens is 2. The smallest absolute Gasteiger partial charge is 0.258 e. The Bertz CT molecular complexity index is 1540. The standard InChI is InChI=1S/C31H25F2N3O/c1-21(23-10-14-28(33)15-11-23)35-30-19-29(16-17-34-30)36(20-22-6-12-27(32)13-7-22)31(37)26-9-8-24-4-2-3-5-25(24)18-26/h2-19,21H,20H2,1H3,(H,34,35). The van der Waals surface area contributed by atoms with Crippen molar-refractivity contribution in [2.75, 3.05) is 10.2 Å². The van der Waals surface area contributed by atoms with E-state index in [9.17, 15) is 13.6 Å². The zero-order valence-electron chi connectivity index (χ0n) is 20.2. The predicted octanol–water partition coefficient (Wildman–Crippen LogP) is 7.53. The van der Waals surface area contributed by atoms with E-state index in [1.807, 2.05) is 55.5 Å². The van der Waals surface area contributed by atoms with Crippen molar-refractivity contribution in [3.05, 3.63) is 138 Å². The maximum Gasteiger partial charge on any atom is 0.258 e. The number of amides is 1. The second kappa shape index (κ2) is 10.6. The fraction of sp³-hybridized carbons (Fsp3) is 0.0968. The molecule has 0 radical (unpaired) electrons. The maximum atomic E-state index is 13.8. The van der Waals surface area contributed by atoms with Crippen LogP contribution in [0, 0.1) is 11.6 Å². The highest BCUT2D eigenvalue weighted by Crippen LogP contribution is 2.26. The lowest BCUT2D eigenvalue weighted by atomic mass is 10.1. The first-order chi connectivity index (χ1) is 18.0. The van der Waals surface area contributed by atoms with Crippen molar-refractivity contribution in [3.8, 4) is 0 Å². The quantitative estimate of drug-likeness (QED) is 0.255. The van der Waals surface area contributed by atoms with Crippen molar-refractivity contribution in [1.82, 2.24) is 4.98 Å². The van der Waals surface area contributed by atoms with E-state index in [0.29, 0.717) is 17.1 Å². The van der Waals surface area contributed by atoms with E-state index in [1.54, 1.807) is 41.4 Å². The molecule has 184 valence electrons.